The molecule has 0 unspecified atom stereocenters. The van der Waals surface area contributed by atoms with Gasteiger partial charge >= 0.3 is 0 Å². The van der Waals surface area contributed by atoms with Crippen LogP contribution in [-0.4, -0.2) is 58.8 Å². The molecule has 5 nitrogen and oxygen atoms in total. The smallest absolute Gasteiger partial charge is 0.296 e. The summed E-state index contributed by atoms with van der Waals surface area (Å²) in [4.78, 5) is 29.5. The topological polar surface area (TPSA) is 45.6 Å². The summed E-state index contributed by atoms with van der Waals surface area (Å²) in [7, 11) is 1.80. The van der Waals surface area contributed by atoms with Gasteiger partial charge in [-0.2, -0.15) is 0 Å². The number of aryl methyl sites for hydroxylation is 2. The van der Waals surface area contributed by atoms with Gasteiger partial charge < -0.3 is 14.4 Å². The monoisotopic (exact) mass is 395 g/mol. The van der Waals surface area contributed by atoms with E-state index in [0.717, 1.165) is 38.9 Å². The van der Waals surface area contributed by atoms with Crippen LogP contribution in [0, 0.1) is 12.8 Å². The van der Waals surface area contributed by atoms with E-state index in [0.29, 0.717) is 24.7 Å². The minimum absolute atomic E-state index is 0.378. The molecule has 0 aliphatic carbocycles. The summed E-state index contributed by atoms with van der Waals surface area (Å²) in [6.45, 7) is 8.59. The molecule has 0 radical (unpaired) electrons. The molecule has 0 N–H and O–H groups in total. The minimum atomic E-state index is -0.407. The molecule has 2 aromatic rings. The molecule has 5 heteroatoms. The fourth-order valence-corrected chi connectivity index (χ4v) is 4.18. The largest absolute Gasteiger partial charge is 0.348 e. The number of likely N-dealkylation sites (tertiary alicyclic amines) is 1. The molecule has 0 bridgehead atoms. The predicted octanol–water partition coefficient (Wildman–Crippen LogP) is 3.32. The number of likely N-dealkylation sites (N-methyl/N-ethyl adjacent to an activating group) is 1. The van der Waals surface area contributed by atoms with E-state index < -0.39 is 5.78 Å². The summed E-state index contributed by atoms with van der Waals surface area (Å²) in [6, 6.07) is 12.1. The van der Waals surface area contributed by atoms with E-state index in [1.165, 1.54) is 11.1 Å². The number of carbonyl (C=O) groups is 2. The van der Waals surface area contributed by atoms with Crippen molar-refractivity contribution in [1.82, 2.24) is 14.4 Å². The molecule has 1 aromatic carbocycles. The van der Waals surface area contributed by atoms with Crippen LogP contribution in [0.3, 0.4) is 0 Å². The first-order chi connectivity index (χ1) is 14.0. The summed E-state index contributed by atoms with van der Waals surface area (Å²) in [5.41, 5.74) is 3.25. The first-order valence-electron chi connectivity index (χ1n) is 10.7. The molecule has 1 fully saturated rings. The molecule has 1 saturated heterocycles. The molecule has 0 spiro atoms. The maximum atomic E-state index is 12.7. The second kappa shape index (κ2) is 9.88. The van der Waals surface area contributed by atoms with Crippen LogP contribution in [0.15, 0.2) is 42.6 Å². The number of aromatic nitrogens is 1. The van der Waals surface area contributed by atoms with Crippen molar-refractivity contribution in [2.45, 2.75) is 33.1 Å². The maximum absolute atomic E-state index is 12.7. The van der Waals surface area contributed by atoms with Crippen LogP contribution < -0.4 is 0 Å². The lowest BCUT2D eigenvalue weighted by Gasteiger charge is -2.34. The lowest BCUT2D eigenvalue weighted by atomic mass is 9.95. The second-order valence-electron chi connectivity index (χ2n) is 8.14. The third-order valence-corrected chi connectivity index (χ3v) is 6.18. The number of hydrogen-bond acceptors (Lipinski definition) is 3. The summed E-state index contributed by atoms with van der Waals surface area (Å²) in [5.74, 6) is -0.318. The van der Waals surface area contributed by atoms with Crippen LogP contribution in [-0.2, 0) is 18.3 Å². The fourth-order valence-electron chi connectivity index (χ4n) is 4.18. The number of piperidine rings is 1. The van der Waals surface area contributed by atoms with Crippen molar-refractivity contribution in [2.24, 2.45) is 13.0 Å². The highest BCUT2D eigenvalue weighted by Gasteiger charge is 2.27. The molecule has 1 aliphatic rings. The average molecular weight is 396 g/mol. The van der Waals surface area contributed by atoms with Crippen molar-refractivity contribution in [3.8, 4) is 0 Å². The van der Waals surface area contributed by atoms with Crippen LogP contribution in [0.25, 0.3) is 0 Å². The Morgan fingerprint density at radius 3 is 2.45 bits per heavy atom. The lowest BCUT2D eigenvalue weighted by molar-refractivity contribution is -0.127. The zero-order valence-corrected chi connectivity index (χ0v) is 17.9. The Morgan fingerprint density at radius 1 is 1.10 bits per heavy atom. The second-order valence-corrected chi connectivity index (χ2v) is 8.14. The van der Waals surface area contributed by atoms with Crippen LogP contribution >= 0.6 is 0 Å². The molecule has 156 valence electrons. The zero-order valence-electron chi connectivity index (χ0n) is 17.9. The van der Waals surface area contributed by atoms with E-state index in [1.807, 2.05) is 6.92 Å². The Hall–Kier alpha value is -2.40. The third kappa shape index (κ3) is 5.36. The summed E-state index contributed by atoms with van der Waals surface area (Å²) in [6.07, 6.45) is 5.04. The van der Waals surface area contributed by atoms with Gasteiger partial charge in [0.15, 0.2) is 0 Å². The Morgan fingerprint density at radius 2 is 1.83 bits per heavy atom. The molecule has 1 amide bonds. The van der Waals surface area contributed by atoms with E-state index in [1.54, 1.807) is 34.8 Å². The zero-order chi connectivity index (χ0) is 20.8. The van der Waals surface area contributed by atoms with E-state index in [2.05, 4.69) is 36.1 Å². The third-order valence-electron chi connectivity index (χ3n) is 6.18. The molecule has 0 atom stereocenters. The summed E-state index contributed by atoms with van der Waals surface area (Å²) < 4.78 is 1.71. The standard InChI is InChI=1S/C24H33N3O2/c1-4-27(24(29)23(28)22-10-7-14-25(22)3)18-20-11-15-26(16-12-20)17-13-21-9-6-5-8-19(21)2/h5-10,14,20H,4,11-13,15-18H2,1-3H3. The van der Waals surface area contributed by atoms with Crippen molar-refractivity contribution in [3.63, 3.8) is 0 Å². The number of amides is 1. The molecule has 29 heavy (non-hydrogen) atoms. The minimum Gasteiger partial charge on any atom is -0.348 e. The van der Waals surface area contributed by atoms with E-state index >= 15 is 0 Å². The van der Waals surface area contributed by atoms with Gasteiger partial charge in [0.25, 0.3) is 11.7 Å². The highest BCUT2D eigenvalue weighted by atomic mass is 16.2. The highest BCUT2D eigenvalue weighted by molar-refractivity contribution is 6.42. The summed E-state index contributed by atoms with van der Waals surface area (Å²) in [5, 5.41) is 0. The van der Waals surface area contributed by atoms with Crippen LogP contribution in [0.5, 0.6) is 0 Å². The van der Waals surface area contributed by atoms with Crippen molar-refractivity contribution < 1.29 is 9.59 Å². The highest BCUT2D eigenvalue weighted by Crippen LogP contribution is 2.20. The van der Waals surface area contributed by atoms with Crippen molar-refractivity contribution in [1.29, 1.82) is 0 Å². The van der Waals surface area contributed by atoms with Gasteiger partial charge in [-0.15, -0.1) is 0 Å². The number of rotatable bonds is 8. The van der Waals surface area contributed by atoms with Gasteiger partial charge in [0, 0.05) is 32.9 Å². The first-order valence-corrected chi connectivity index (χ1v) is 10.7. The SMILES string of the molecule is CCN(CC1CCN(CCc2ccccc2C)CC1)C(=O)C(=O)c1cccn1C. The van der Waals surface area contributed by atoms with Crippen molar-refractivity contribution in [3.05, 3.63) is 59.4 Å². The Bertz CT molecular complexity index is 834. The number of hydrogen-bond donors (Lipinski definition) is 0. The summed E-state index contributed by atoms with van der Waals surface area (Å²) >= 11 is 0. The normalized spacial score (nSPS) is 15.4. The fraction of sp³-hybridized carbons (Fsp3) is 0.500. The molecule has 0 saturated carbocycles. The van der Waals surface area contributed by atoms with Crippen LogP contribution in [0.1, 0.15) is 41.4 Å². The van der Waals surface area contributed by atoms with E-state index in [9.17, 15) is 9.59 Å². The van der Waals surface area contributed by atoms with Gasteiger partial charge in [0.2, 0.25) is 0 Å². The molecule has 3 rings (SSSR count). The van der Waals surface area contributed by atoms with Crippen molar-refractivity contribution >= 4 is 11.7 Å². The molecular weight excluding hydrogens is 362 g/mol. The average Bonchev–Trinajstić information content (AvgIpc) is 3.17. The maximum Gasteiger partial charge on any atom is 0.296 e. The molecule has 2 heterocycles. The molecular formula is C24H33N3O2. The molecule has 1 aromatic heterocycles. The quantitative estimate of drug-likeness (QED) is 0.509. The van der Waals surface area contributed by atoms with Crippen molar-refractivity contribution in [2.75, 3.05) is 32.7 Å². The van der Waals surface area contributed by atoms with Crippen LogP contribution in [0.4, 0.5) is 0 Å². The van der Waals surface area contributed by atoms with Gasteiger partial charge in [0.1, 0.15) is 0 Å². The Kier molecular flexibility index (Phi) is 7.26. The number of benzene rings is 1. The van der Waals surface area contributed by atoms with Gasteiger partial charge in [-0.25, -0.2) is 0 Å². The Balaban J connectivity index is 1.47. The van der Waals surface area contributed by atoms with Crippen LogP contribution in [0.2, 0.25) is 0 Å². The first kappa shape index (κ1) is 21.3. The number of ketones is 1. The van der Waals surface area contributed by atoms with Gasteiger partial charge in [-0.05, 0) is 75.4 Å². The molecule has 1 aliphatic heterocycles. The van der Waals surface area contributed by atoms with Gasteiger partial charge in [0.05, 0.1) is 5.69 Å². The van der Waals surface area contributed by atoms with E-state index in [4.69, 9.17) is 0 Å². The number of Topliss-reactive ketones (excluding diaryl/α,β-unsaturated/α-hetero) is 1. The number of nitrogens with zero attached hydrogens (tertiary/aromatic N) is 3. The van der Waals surface area contributed by atoms with Gasteiger partial charge in [-0.3, -0.25) is 9.59 Å². The predicted molar refractivity (Wildman–Crippen MR) is 116 cm³/mol. The lowest BCUT2D eigenvalue weighted by Crippen LogP contribution is -2.43. The Labute approximate surface area is 174 Å². The van der Waals surface area contributed by atoms with E-state index in [-0.39, 0.29) is 5.91 Å². The van der Waals surface area contributed by atoms with Gasteiger partial charge in [-0.1, -0.05) is 24.3 Å². The number of carbonyl (C=O) groups excluding carboxylic acids is 2.